The van der Waals surface area contributed by atoms with Crippen LogP contribution < -0.4 is 0 Å². The molecule has 0 N–H and O–H groups in total. The topological polar surface area (TPSA) is 9.23 Å². The van der Waals surface area contributed by atoms with Gasteiger partial charge >= 0.3 is 0 Å². The lowest BCUT2D eigenvalue weighted by atomic mass is 10.2. The first-order chi connectivity index (χ1) is 4.43. The van der Waals surface area contributed by atoms with Crippen LogP contribution in [0.5, 0.6) is 0 Å². The van der Waals surface area contributed by atoms with Gasteiger partial charge in [-0.3, -0.25) is 0 Å². The van der Waals surface area contributed by atoms with Crippen LogP contribution in [0.4, 0.5) is 0 Å². The summed E-state index contributed by atoms with van der Waals surface area (Å²) in [5.74, 6) is 2.77. The highest BCUT2D eigenvalue weighted by molar-refractivity contribution is 7.99. The molecule has 0 aromatic rings. The lowest BCUT2D eigenvalue weighted by Crippen LogP contribution is -2.15. The average Bonchev–Trinajstić information content (AvgIpc) is 1.91. The van der Waals surface area contributed by atoms with Crippen LogP contribution >= 0.6 is 11.8 Å². The van der Waals surface area contributed by atoms with E-state index in [2.05, 4.69) is 19.1 Å². The van der Waals surface area contributed by atoms with E-state index in [1.54, 1.807) is 0 Å². The van der Waals surface area contributed by atoms with Crippen molar-refractivity contribution in [2.45, 2.75) is 6.92 Å². The van der Waals surface area contributed by atoms with Gasteiger partial charge in [0.25, 0.3) is 0 Å². The molecule has 1 rings (SSSR count). The van der Waals surface area contributed by atoms with E-state index in [0.29, 0.717) is 5.92 Å². The summed E-state index contributed by atoms with van der Waals surface area (Å²) >= 11 is 1.87. The quantitative estimate of drug-likeness (QED) is 0.520. The maximum absolute atomic E-state index is 5.25. The lowest BCUT2D eigenvalue weighted by molar-refractivity contribution is 0.153. The summed E-state index contributed by atoms with van der Waals surface area (Å²) in [5, 5.41) is 0. The maximum Gasteiger partial charge on any atom is 0.0921 e. The molecule has 52 valence electrons. The zero-order valence-electron chi connectivity index (χ0n) is 5.67. The first kappa shape index (κ1) is 7.16. The fraction of sp³-hybridized carbons (Fsp3) is 0.714. The van der Waals surface area contributed by atoms with E-state index in [9.17, 15) is 0 Å². The average molecular weight is 144 g/mol. The van der Waals surface area contributed by atoms with Crippen molar-refractivity contribution in [2.75, 3.05) is 18.3 Å². The molecule has 0 radical (unpaired) electrons. The molecule has 0 saturated carbocycles. The first-order valence-electron chi connectivity index (χ1n) is 3.22. The third-order valence-corrected chi connectivity index (χ3v) is 2.29. The smallest absolute Gasteiger partial charge is 0.0921 e. The molecule has 2 heteroatoms. The Morgan fingerprint density at radius 2 is 2.56 bits per heavy atom. The molecule has 1 atom stereocenters. The van der Waals surface area contributed by atoms with E-state index in [0.717, 1.165) is 12.5 Å². The molecule has 0 amide bonds. The highest BCUT2D eigenvalue weighted by Crippen LogP contribution is 2.16. The Labute approximate surface area is 60.5 Å². The molecule has 1 saturated heterocycles. The fourth-order valence-electron chi connectivity index (χ4n) is 0.889. The SMILES string of the molecule is CC=CC1COCSC1. The molecular formula is C7H12OS. The van der Waals surface area contributed by atoms with Crippen molar-refractivity contribution in [3.63, 3.8) is 0 Å². The Morgan fingerprint density at radius 3 is 3.11 bits per heavy atom. The number of rotatable bonds is 1. The summed E-state index contributed by atoms with van der Waals surface area (Å²) in [6.45, 7) is 2.97. The van der Waals surface area contributed by atoms with Gasteiger partial charge in [-0.1, -0.05) is 12.2 Å². The highest BCUT2D eigenvalue weighted by atomic mass is 32.2. The fourth-order valence-corrected chi connectivity index (χ4v) is 1.71. The van der Waals surface area contributed by atoms with Crippen LogP contribution in [-0.2, 0) is 4.74 Å². The predicted octanol–water partition coefficient (Wildman–Crippen LogP) is 1.90. The lowest BCUT2D eigenvalue weighted by Gasteiger charge is -2.17. The van der Waals surface area contributed by atoms with Gasteiger partial charge in [0.1, 0.15) is 0 Å². The molecular weight excluding hydrogens is 132 g/mol. The largest absolute Gasteiger partial charge is 0.370 e. The molecule has 0 spiro atoms. The predicted molar refractivity (Wildman–Crippen MR) is 41.6 cm³/mol. The minimum Gasteiger partial charge on any atom is -0.370 e. The minimum absolute atomic E-state index is 0.661. The molecule has 1 fully saturated rings. The van der Waals surface area contributed by atoms with Crippen molar-refractivity contribution >= 4 is 11.8 Å². The van der Waals surface area contributed by atoms with Crippen molar-refractivity contribution in [3.05, 3.63) is 12.2 Å². The number of allylic oxidation sites excluding steroid dienone is 1. The third-order valence-electron chi connectivity index (χ3n) is 1.30. The van der Waals surface area contributed by atoms with Gasteiger partial charge in [0, 0.05) is 11.7 Å². The Balaban J connectivity index is 2.23. The minimum atomic E-state index is 0.661. The standard InChI is InChI=1S/C7H12OS/c1-2-3-7-4-8-6-9-5-7/h2-3,7H,4-6H2,1H3. The van der Waals surface area contributed by atoms with Crippen LogP contribution in [0.3, 0.4) is 0 Å². The molecule has 0 aromatic carbocycles. The van der Waals surface area contributed by atoms with Crippen molar-refractivity contribution in [1.82, 2.24) is 0 Å². The molecule has 1 nitrogen and oxygen atoms in total. The van der Waals surface area contributed by atoms with Gasteiger partial charge in [-0.05, 0) is 6.92 Å². The second kappa shape index (κ2) is 3.96. The maximum atomic E-state index is 5.25. The Morgan fingerprint density at radius 1 is 1.67 bits per heavy atom. The van der Waals surface area contributed by atoms with Gasteiger partial charge in [0.2, 0.25) is 0 Å². The number of thioether (sulfide) groups is 1. The van der Waals surface area contributed by atoms with Crippen molar-refractivity contribution in [1.29, 1.82) is 0 Å². The van der Waals surface area contributed by atoms with Crippen molar-refractivity contribution in [2.24, 2.45) is 5.92 Å². The number of ether oxygens (including phenoxy) is 1. The molecule has 1 unspecified atom stereocenters. The van der Waals surface area contributed by atoms with Crippen molar-refractivity contribution in [3.8, 4) is 0 Å². The van der Waals surface area contributed by atoms with E-state index < -0.39 is 0 Å². The summed E-state index contributed by atoms with van der Waals surface area (Å²) in [6.07, 6.45) is 4.31. The summed E-state index contributed by atoms with van der Waals surface area (Å²) in [5.41, 5.74) is 0. The summed E-state index contributed by atoms with van der Waals surface area (Å²) < 4.78 is 5.25. The normalized spacial score (nSPS) is 29.2. The van der Waals surface area contributed by atoms with Crippen LogP contribution in [-0.4, -0.2) is 18.3 Å². The van der Waals surface area contributed by atoms with Crippen LogP contribution in [0.2, 0.25) is 0 Å². The molecule has 1 aliphatic rings. The van der Waals surface area contributed by atoms with E-state index in [4.69, 9.17) is 4.74 Å². The van der Waals surface area contributed by atoms with Gasteiger partial charge in [-0.25, -0.2) is 0 Å². The summed E-state index contributed by atoms with van der Waals surface area (Å²) in [6, 6.07) is 0. The zero-order chi connectivity index (χ0) is 6.53. The van der Waals surface area contributed by atoms with E-state index in [-0.39, 0.29) is 0 Å². The second-order valence-electron chi connectivity index (χ2n) is 2.15. The van der Waals surface area contributed by atoms with Crippen LogP contribution in [0, 0.1) is 5.92 Å². The number of hydrogen-bond donors (Lipinski definition) is 0. The number of hydrogen-bond acceptors (Lipinski definition) is 2. The monoisotopic (exact) mass is 144 g/mol. The Bertz CT molecular complexity index is 95.1. The summed E-state index contributed by atoms with van der Waals surface area (Å²) in [4.78, 5) is 0. The van der Waals surface area contributed by atoms with Gasteiger partial charge in [0.15, 0.2) is 0 Å². The molecule has 0 aromatic heterocycles. The van der Waals surface area contributed by atoms with Gasteiger partial charge < -0.3 is 4.74 Å². The highest BCUT2D eigenvalue weighted by Gasteiger charge is 2.09. The Kier molecular flexibility index (Phi) is 3.15. The second-order valence-corrected chi connectivity index (χ2v) is 3.12. The molecule has 0 aliphatic carbocycles. The van der Waals surface area contributed by atoms with Crippen LogP contribution in [0.1, 0.15) is 6.92 Å². The Hall–Kier alpha value is 0.0500. The van der Waals surface area contributed by atoms with Gasteiger partial charge in [0.05, 0.1) is 12.5 Å². The summed E-state index contributed by atoms with van der Waals surface area (Å²) in [7, 11) is 0. The molecule has 0 bridgehead atoms. The van der Waals surface area contributed by atoms with E-state index >= 15 is 0 Å². The van der Waals surface area contributed by atoms with E-state index in [1.165, 1.54) is 5.75 Å². The van der Waals surface area contributed by atoms with E-state index in [1.807, 2.05) is 11.8 Å². The van der Waals surface area contributed by atoms with Crippen LogP contribution in [0.25, 0.3) is 0 Å². The van der Waals surface area contributed by atoms with Crippen LogP contribution in [0.15, 0.2) is 12.2 Å². The third kappa shape index (κ3) is 2.41. The zero-order valence-corrected chi connectivity index (χ0v) is 6.49. The first-order valence-corrected chi connectivity index (χ1v) is 4.37. The van der Waals surface area contributed by atoms with Gasteiger partial charge in [-0.2, -0.15) is 0 Å². The van der Waals surface area contributed by atoms with Crippen molar-refractivity contribution < 1.29 is 4.74 Å². The molecule has 1 heterocycles. The molecule has 1 aliphatic heterocycles. The molecule has 9 heavy (non-hydrogen) atoms. The van der Waals surface area contributed by atoms with Gasteiger partial charge in [-0.15, -0.1) is 11.8 Å².